The maximum atomic E-state index is 13.3. The molecule has 1 atom stereocenters. The Hall–Kier alpha value is -1.11. The van der Waals surface area contributed by atoms with Crippen LogP contribution >= 0.6 is 11.8 Å². The molecule has 0 aliphatic carbocycles. The van der Waals surface area contributed by atoms with Crippen molar-refractivity contribution in [2.45, 2.75) is 30.1 Å². The zero-order valence-electron chi connectivity index (χ0n) is 14.3. The molecule has 4 nitrogen and oxygen atoms in total. The van der Waals surface area contributed by atoms with Crippen LogP contribution in [0.2, 0.25) is 0 Å². The number of rotatable bonds is 4. The van der Waals surface area contributed by atoms with Gasteiger partial charge in [0.1, 0.15) is 5.82 Å². The number of carbonyl (C=O) groups is 1. The largest absolute Gasteiger partial charge is 0.381 e. The summed E-state index contributed by atoms with van der Waals surface area (Å²) in [5.41, 5.74) is 0.435. The summed E-state index contributed by atoms with van der Waals surface area (Å²) in [4.78, 5) is 14.3. The van der Waals surface area contributed by atoms with E-state index in [0.717, 1.165) is 57.9 Å². The highest BCUT2D eigenvalue weighted by Crippen LogP contribution is 2.46. The van der Waals surface area contributed by atoms with Crippen molar-refractivity contribution in [1.29, 1.82) is 0 Å². The first-order valence-corrected chi connectivity index (χ1v) is 10.0. The van der Waals surface area contributed by atoms with Gasteiger partial charge in [-0.25, -0.2) is 4.39 Å². The van der Waals surface area contributed by atoms with E-state index in [9.17, 15) is 9.18 Å². The summed E-state index contributed by atoms with van der Waals surface area (Å²) in [6.45, 7) is 4.02. The fraction of sp³-hybridized carbons (Fsp3) is 0.632. The molecule has 6 heteroatoms. The molecule has 136 valence electrons. The van der Waals surface area contributed by atoms with Crippen LogP contribution in [-0.4, -0.2) is 60.3 Å². The Morgan fingerprint density at radius 1 is 1.36 bits per heavy atom. The van der Waals surface area contributed by atoms with Crippen LogP contribution in [0.4, 0.5) is 4.39 Å². The predicted octanol–water partition coefficient (Wildman–Crippen LogP) is 2.97. The molecule has 1 spiro atoms. The first-order chi connectivity index (χ1) is 12.1. The van der Waals surface area contributed by atoms with E-state index in [2.05, 4.69) is 0 Å². The molecule has 0 unspecified atom stereocenters. The van der Waals surface area contributed by atoms with Crippen molar-refractivity contribution in [2.24, 2.45) is 5.92 Å². The molecule has 0 saturated carbocycles. The number of thioether (sulfide) groups is 1. The minimum atomic E-state index is -0.363. The summed E-state index contributed by atoms with van der Waals surface area (Å²) in [6, 6.07) is 5.94. The maximum absolute atomic E-state index is 13.3. The van der Waals surface area contributed by atoms with Crippen molar-refractivity contribution in [1.82, 2.24) is 4.90 Å². The van der Waals surface area contributed by atoms with Crippen LogP contribution in [0.1, 0.15) is 29.6 Å². The molecular formula is C19H24FNO3S. The van der Waals surface area contributed by atoms with Crippen LogP contribution < -0.4 is 0 Å². The first kappa shape index (κ1) is 17.3. The highest BCUT2D eigenvalue weighted by molar-refractivity contribution is 8.01. The van der Waals surface area contributed by atoms with Gasteiger partial charge in [-0.3, -0.25) is 4.79 Å². The average molecular weight is 365 g/mol. The Morgan fingerprint density at radius 2 is 2.16 bits per heavy atom. The number of ether oxygens (including phenoxy) is 2. The van der Waals surface area contributed by atoms with Crippen molar-refractivity contribution in [2.75, 3.05) is 38.7 Å². The number of carbonyl (C=O) groups excluding carboxylic acids is 1. The van der Waals surface area contributed by atoms with E-state index >= 15 is 0 Å². The lowest BCUT2D eigenvalue weighted by Gasteiger charge is -2.47. The molecule has 3 saturated heterocycles. The molecule has 25 heavy (non-hydrogen) atoms. The highest BCUT2D eigenvalue weighted by atomic mass is 32.2. The molecule has 3 aliphatic heterocycles. The summed E-state index contributed by atoms with van der Waals surface area (Å²) >= 11 is 1.93. The van der Waals surface area contributed by atoms with Gasteiger partial charge in [0.25, 0.3) is 5.91 Å². The number of nitrogens with zero attached hydrogens (tertiary/aromatic N) is 1. The van der Waals surface area contributed by atoms with E-state index in [1.165, 1.54) is 12.1 Å². The zero-order chi connectivity index (χ0) is 17.3. The van der Waals surface area contributed by atoms with E-state index in [1.807, 2.05) is 16.7 Å². The lowest BCUT2D eigenvalue weighted by Crippen LogP contribution is -2.60. The van der Waals surface area contributed by atoms with Crippen LogP contribution in [-0.2, 0) is 9.47 Å². The van der Waals surface area contributed by atoms with Gasteiger partial charge in [0.05, 0.1) is 10.9 Å². The number of hydrogen-bond donors (Lipinski definition) is 0. The lowest BCUT2D eigenvalue weighted by atomic mass is 9.92. The Balaban J connectivity index is 1.25. The van der Waals surface area contributed by atoms with Gasteiger partial charge in [-0.2, -0.15) is 0 Å². The zero-order valence-corrected chi connectivity index (χ0v) is 15.1. The molecule has 0 bridgehead atoms. The third-order valence-corrected chi connectivity index (χ3v) is 6.98. The number of benzene rings is 1. The molecule has 4 rings (SSSR count). The van der Waals surface area contributed by atoms with Crippen molar-refractivity contribution in [3.8, 4) is 0 Å². The molecule has 3 fully saturated rings. The van der Waals surface area contributed by atoms with E-state index < -0.39 is 0 Å². The van der Waals surface area contributed by atoms with E-state index in [4.69, 9.17) is 9.47 Å². The molecule has 0 radical (unpaired) electrons. The number of amides is 1. The van der Waals surface area contributed by atoms with Gasteiger partial charge in [-0.1, -0.05) is 6.07 Å². The molecule has 1 aromatic rings. The molecule has 1 amide bonds. The Morgan fingerprint density at radius 3 is 2.92 bits per heavy atom. The van der Waals surface area contributed by atoms with Gasteiger partial charge >= 0.3 is 0 Å². The van der Waals surface area contributed by atoms with Crippen LogP contribution in [0.3, 0.4) is 0 Å². The molecule has 3 heterocycles. The van der Waals surface area contributed by atoms with E-state index in [-0.39, 0.29) is 16.5 Å². The highest BCUT2D eigenvalue weighted by Gasteiger charge is 2.51. The second-order valence-electron chi connectivity index (χ2n) is 7.38. The van der Waals surface area contributed by atoms with E-state index in [1.54, 1.807) is 12.1 Å². The number of hydrogen-bond acceptors (Lipinski definition) is 4. The van der Waals surface area contributed by atoms with Gasteiger partial charge in [-0.05, 0) is 43.4 Å². The Bertz CT molecular complexity index is 629. The second-order valence-corrected chi connectivity index (χ2v) is 8.87. The van der Waals surface area contributed by atoms with Gasteiger partial charge in [0.15, 0.2) is 0 Å². The van der Waals surface area contributed by atoms with Crippen molar-refractivity contribution in [3.63, 3.8) is 0 Å². The molecule has 0 N–H and O–H groups in total. The fourth-order valence-corrected chi connectivity index (χ4v) is 5.46. The smallest absolute Gasteiger partial charge is 0.254 e. The van der Waals surface area contributed by atoms with E-state index in [0.29, 0.717) is 17.6 Å². The van der Waals surface area contributed by atoms with Crippen LogP contribution in [0.5, 0.6) is 0 Å². The van der Waals surface area contributed by atoms with Crippen molar-refractivity contribution in [3.05, 3.63) is 35.6 Å². The second kappa shape index (κ2) is 7.25. The number of likely N-dealkylation sites (tertiary alicyclic amines) is 1. The summed E-state index contributed by atoms with van der Waals surface area (Å²) in [6.07, 6.45) is 3.50. The van der Waals surface area contributed by atoms with Crippen molar-refractivity contribution < 1.29 is 18.7 Å². The van der Waals surface area contributed by atoms with Crippen LogP contribution in [0, 0.1) is 11.7 Å². The molecule has 1 aromatic carbocycles. The molecular weight excluding hydrogens is 341 g/mol. The SMILES string of the molecule is O=C(c1cccc(F)c1)N1CC2(C[C@H](OCC3CCOCC3)CS2)C1. The Labute approximate surface area is 152 Å². The summed E-state index contributed by atoms with van der Waals surface area (Å²) in [7, 11) is 0. The predicted molar refractivity (Wildman–Crippen MR) is 95.4 cm³/mol. The monoisotopic (exact) mass is 365 g/mol. The van der Waals surface area contributed by atoms with Gasteiger partial charge in [0, 0.05) is 44.2 Å². The van der Waals surface area contributed by atoms with Gasteiger partial charge < -0.3 is 14.4 Å². The summed E-state index contributed by atoms with van der Waals surface area (Å²) in [5.74, 6) is 1.20. The minimum Gasteiger partial charge on any atom is -0.381 e. The van der Waals surface area contributed by atoms with Crippen LogP contribution in [0.15, 0.2) is 24.3 Å². The van der Waals surface area contributed by atoms with Gasteiger partial charge in [-0.15, -0.1) is 11.8 Å². The molecule has 3 aliphatic rings. The third-order valence-electron chi connectivity index (χ3n) is 5.40. The average Bonchev–Trinajstić information content (AvgIpc) is 3.04. The van der Waals surface area contributed by atoms with Crippen molar-refractivity contribution >= 4 is 17.7 Å². The quantitative estimate of drug-likeness (QED) is 0.822. The van der Waals surface area contributed by atoms with Gasteiger partial charge in [0.2, 0.25) is 0 Å². The lowest BCUT2D eigenvalue weighted by molar-refractivity contribution is -0.0118. The molecule has 0 aromatic heterocycles. The summed E-state index contributed by atoms with van der Waals surface area (Å²) < 4.78 is 25.0. The minimum absolute atomic E-state index is 0.0719. The first-order valence-electron chi connectivity index (χ1n) is 9.02. The topological polar surface area (TPSA) is 38.8 Å². The Kier molecular flexibility index (Phi) is 5.02. The standard InChI is InChI=1S/C19H24FNO3S/c20-16-3-1-2-15(8-16)18(22)21-12-19(13-21)9-17(11-25-19)24-10-14-4-6-23-7-5-14/h1-3,8,14,17H,4-7,9-13H2/t17-/m0/s1. The van der Waals surface area contributed by atoms with Crippen LogP contribution in [0.25, 0.3) is 0 Å². The fourth-order valence-electron chi connectivity index (χ4n) is 3.91. The normalized spacial score (nSPS) is 26.0. The number of halogens is 1. The summed E-state index contributed by atoms with van der Waals surface area (Å²) in [5, 5.41) is 0. The third kappa shape index (κ3) is 3.86. The maximum Gasteiger partial charge on any atom is 0.254 e.